The Morgan fingerprint density at radius 2 is 1.32 bits per heavy atom. The van der Waals surface area contributed by atoms with E-state index in [-0.39, 0.29) is 5.92 Å². The lowest BCUT2D eigenvalue weighted by molar-refractivity contribution is 0.736. The molecule has 3 aromatic rings. The fraction of sp³-hybridized carbons (Fsp3) is 0.143. The van der Waals surface area contributed by atoms with Crippen LogP contribution in [0.25, 0.3) is 0 Å². The van der Waals surface area contributed by atoms with Gasteiger partial charge in [-0.2, -0.15) is 0 Å². The molecule has 3 aromatic carbocycles. The molecule has 0 N–H and O–H groups in total. The molecule has 3 aliphatic carbocycles. The first-order chi connectivity index (χ1) is 18.7. The van der Waals surface area contributed by atoms with Crippen LogP contribution >= 0.6 is 12.6 Å². The Labute approximate surface area is 231 Å². The van der Waals surface area contributed by atoms with Gasteiger partial charge in [0.1, 0.15) is 0 Å². The molecule has 3 unspecified atom stereocenters. The predicted molar refractivity (Wildman–Crippen MR) is 164 cm³/mol. The van der Waals surface area contributed by atoms with Crippen LogP contribution < -0.4 is 9.80 Å². The van der Waals surface area contributed by atoms with Gasteiger partial charge in [0.25, 0.3) is 0 Å². The lowest BCUT2D eigenvalue weighted by Gasteiger charge is -2.36. The minimum absolute atomic E-state index is 0.120. The summed E-state index contributed by atoms with van der Waals surface area (Å²) in [6.07, 6.45) is 17.8. The molecular formula is C35H32N2S. The largest absolute Gasteiger partial charge is 0.314 e. The van der Waals surface area contributed by atoms with E-state index < -0.39 is 0 Å². The molecule has 0 spiro atoms. The van der Waals surface area contributed by atoms with Crippen molar-refractivity contribution >= 4 is 29.7 Å². The maximum atomic E-state index is 4.93. The summed E-state index contributed by atoms with van der Waals surface area (Å²) in [7, 11) is 0. The Bertz CT molecular complexity index is 1410. The molecule has 0 saturated heterocycles. The molecule has 0 heterocycles. The van der Waals surface area contributed by atoms with E-state index in [0.29, 0.717) is 11.8 Å². The SMILES string of the molecule is C=C/C=C(\S)C1C=C(N(c2ccccc2)c2ccccc2)C=C(N(C2=CC3CC3C=C2)c2ccccc2)C1. The highest BCUT2D eigenvalue weighted by Gasteiger charge is 2.37. The van der Waals surface area contributed by atoms with Gasteiger partial charge in [-0.3, -0.25) is 0 Å². The van der Waals surface area contributed by atoms with Crippen LogP contribution in [0.3, 0.4) is 0 Å². The number of allylic oxidation sites excluding steroid dienone is 9. The van der Waals surface area contributed by atoms with Gasteiger partial charge >= 0.3 is 0 Å². The number of rotatable bonds is 8. The van der Waals surface area contributed by atoms with Gasteiger partial charge in [0.05, 0.1) is 0 Å². The van der Waals surface area contributed by atoms with Gasteiger partial charge in [0, 0.05) is 40.1 Å². The number of hydrogen-bond acceptors (Lipinski definition) is 3. The Morgan fingerprint density at radius 3 is 1.87 bits per heavy atom. The van der Waals surface area contributed by atoms with Crippen LogP contribution in [-0.2, 0) is 0 Å². The van der Waals surface area contributed by atoms with Gasteiger partial charge in [-0.15, -0.1) is 12.6 Å². The zero-order valence-electron chi connectivity index (χ0n) is 21.4. The first-order valence-electron chi connectivity index (χ1n) is 13.3. The zero-order valence-corrected chi connectivity index (χ0v) is 22.3. The highest BCUT2D eigenvalue weighted by Crippen LogP contribution is 2.47. The molecule has 3 atom stereocenters. The summed E-state index contributed by atoms with van der Waals surface area (Å²) < 4.78 is 0. The van der Waals surface area contributed by atoms with Crippen LogP contribution in [-0.4, -0.2) is 0 Å². The van der Waals surface area contributed by atoms with E-state index in [1.165, 1.54) is 23.5 Å². The predicted octanol–water partition coefficient (Wildman–Crippen LogP) is 9.21. The van der Waals surface area contributed by atoms with Crippen molar-refractivity contribution in [3.05, 3.63) is 162 Å². The van der Waals surface area contributed by atoms with Crippen LogP contribution in [0.15, 0.2) is 162 Å². The average molecular weight is 513 g/mol. The molecule has 188 valence electrons. The molecule has 6 rings (SSSR count). The molecule has 0 bridgehead atoms. The number of nitrogens with zero attached hydrogens (tertiary/aromatic N) is 2. The third-order valence-corrected chi connectivity index (χ3v) is 7.90. The van der Waals surface area contributed by atoms with Crippen molar-refractivity contribution in [2.75, 3.05) is 9.80 Å². The van der Waals surface area contributed by atoms with Gasteiger partial charge < -0.3 is 9.80 Å². The van der Waals surface area contributed by atoms with Gasteiger partial charge in [-0.1, -0.05) is 91.6 Å². The summed E-state index contributed by atoms with van der Waals surface area (Å²) in [5.74, 6) is 1.49. The van der Waals surface area contributed by atoms with Crippen LogP contribution in [0.2, 0.25) is 0 Å². The van der Waals surface area contributed by atoms with Crippen LogP contribution in [0.1, 0.15) is 12.8 Å². The van der Waals surface area contributed by atoms with E-state index in [1.807, 2.05) is 12.2 Å². The van der Waals surface area contributed by atoms with Crippen molar-refractivity contribution in [1.82, 2.24) is 0 Å². The number of thiol groups is 1. The van der Waals surface area contributed by atoms with E-state index in [4.69, 9.17) is 12.6 Å². The fourth-order valence-electron chi connectivity index (χ4n) is 5.45. The summed E-state index contributed by atoms with van der Waals surface area (Å²) >= 11 is 4.93. The highest BCUT2D eigenvalue weighted by molar-refractivity contribution is 7.84. The molecule has 3 aliphatic rings. The van der Waals surface area contributed by atoms with Crippen molar-refractivity contribution in [2.24, 2.45) is 17.8 Å². The van der Waals surface area contributed by atoms with Crippen molar-refractivity contribution in [2.45, 2.75) is 12.8 Å². The van der Waals surface area contributed by atoms with Crippen molar-refractivity contribution in [1.29, 1.82) is 0 Å². The van der Waals surface area contributed by atoms with Gasteiger partial charge in [0.15, 0.2) is 0 Å². The molecule has 3 heteroatoms. The zero-order chi connectivity index (χ0) is 25.9. The minimum atomic E-state index is 0.120. The van der Waals surface area contributed by atoms with Crippen LogP contribution in [0, 0.1) is 17.8 Å². The first-order valence-corrected chi connectivity index (χ1v) is 13.8. The van der Waals surface area contributed by atoms with Gasteiger partial charge in [0.2, 0.25) is 0 Å². The van der Waals surface area contributed by atoms with Crippen molar-refractivity contribution in [3.63, 3.8) is 0 Å². The molecular weight excluding hydrogens is 480 g/mol. The maximum Gasteiger partial charge on any atom is 0.0461 e. The third-order valence-electron chi connectivity index (χ3n) is 7.42. The summed E-state index contributed by atoms with van der Waals surface area (Å²) in [4.78, 5) is 5.79. The molecule has 2 nitrogen and oxygen atoms in total. The number of anilines is 3. The highest BCUT2D eigenvalue weighted by atomic mass is 32.1. The number of benzene rings is 3. The lowest BCUT2D eigenvalue weighted by Crippen LogP contribution is -2.28. The van der Waals surface area contributed by atoms with Crippen LogP contribution in [0.5, 0.6) is 0 Å². The lowest BCUT2D eigenvalue weighted by atomic mass is 9.92. The molecule has 0 aliphatic heterocycles. The summed E-state index contributed by atoms with van der Waals surface area (Å²) in [5.41, 5.74) is 7.04. The second-order valence-corrected chi connectivity index (χ2v) is 10.6. The summed E-state index contributed by atoms with van der Waals surface area (Å²) in [5, 5.41) is 0. The average Bonchev–Trinajstić information content (AvgIpc) is 3.74. The Balaban J connectivity index is 1.51. The molecule has 1 saturated carbocycles. The standard InChI is InChI=1S/C35H32N2S/c1-2-12-35(38)28-23-33(36(29-13-6-3-7-14-29)30-15-8-4-9-16-30)25-34(24-28)37(31-17-10-5-11-18-31)32-20-19-26-21-27(26)22-32/h2-20,22-23,25-28,38H,1,21,24H2/b35-12-. The first kappa shape index (κ1) is 24.4. The molecule has 0 amide bonds. The second-order valence-electron chi connectivity index (χ2n) is 10.1. The van der Waals surface area contributed by atoms with Crippen molar-refractivity contribution in [3.8, 4) is 0 Å². The third kappa shape index (κ3) is 5.07. The summed E-state index contributed by atoms with van der Waals surface area (Å²) in [6, 6.07) is 31.9. The molecule has 0 aromatic heterocycles. The fourth-order valence-corrected chi connectivity index (χ4v) is 5.72. The molecule has 0 radical (unpaired) electrons. The van der Waals surface area contributed by atoms with Crippen LogP contribution in [0.4, 0.5) is 17.1 Å². The Kier molecular flexibility index (Phi) is 6.94. The van der Waals surface area contributed by atoms with E-state index in [1.54, 1.807) is 0 Å². The molecule has 38 heavy (non-hydrogen) atoms. The monoisotopic (exact) mass is 512 g/mol. The van der Waals surface area contributed by atoms with Gasteiger partial charge in [-0.05, 0) is 78.1 Å². The number of hydrogen-bond donors (Lipinski definition) is 1. The van der Waals surface area contributed by atoms with E-state index in [9.17, 15) is 0 Å². The Hall–Kier alpha value is -3.95. The Morgan fingerprint density at radius 1 is 0.737 bits per heavy atom. The smallest absolute Gasteiger partial charge is 0.0461 e. The van der Waals surface area contributed by atoms with E-state index in [2.05, 4.69) is 138 Å². The quantitative estimate of drug-likeness (QED) is 0.237. The van der Waals surface area contributed by atoms with E-state index in [0.717, 1.165) is 28.4 Å². The molecule has 1 fully saturated rings. The normalized spacial score (nSPS) is 22.0. The van der Waals surface area contributed by atoms with E-state index >= 15 is 0 Å². The van der Waals surface area contributed by atoms with Crippen molar-refractivity contribution < 1.29 is 0 Å². The summed E-state index contributed by atoms with van der Waals surface area (Å²) in [6.45, 7) is 3.93. The minimum Gasteiger partial charge on any atom is -0.314 e. The topological polar surface area (TPSA) is 6.48 Å². The number of para-hydroxylation sites is 3. The van der Waals surface area contributed by atoms with Gasteiger partial charge in [-0.25, -0.2) is 0 Å². The number of fused-ring (bicyclic) bond motifs is 1. The maximum absolute atomic E-state index is 4.93. The second kappa shape index (κ2) is 10.8.